The molecular weight excluding hydrogens is 499 g/mol. The predicted molar refractivity (Wildman–Crippen MR) is 131 cm³/mol. The molecule has 0 spiro atoms. The number of rotatable bonds is 7. The first-order valence-electron chi connectivity index (χ1n) is 9.63. The Kier molecular flexibility index (Phi) is 8.76. The molecule has 0 aromatic heterocycles. The Bertz CT molecular complexity index is 919. The van der Waals surface area contributed by atoms with Gasteiger partial charge in [-0.2, -0.15) is 0 Å². The molecule has 1 heterocycles. The molecule has 1 aliphatic heterocycles. The molecule has 0 unspecified atom stereocenters. The minimum atomic E-state index is -3.39. The van der Waals surface area contributed by atoms with Crippen molar-refractivity contribution in [2.45, 2.75) is 19.9 Å². The fourth-order valence-electron chi connectivity index (χ4n) is 3.38. The number of fused-ring (bicyclic) bond motifs is 1. The molecule has 0 amide bonds. The van der Waals surface area contributed by atoms with E-state index in [1.807, 2.05) is 61.3 Å². The fraction of sp³-hybridized carbons (Fsp3) is 0.381. The lowest BCUT2D eigenvalue weighted by Gasteiger charge is -2.23. The van der Waals surface area contributed by atoms with Gasteiger partial charge in [0.05, 0.1) is 18.0 Å². The zero-order valence-corrected chi connectivity index (χ0v) is 20.1. The number of hydrogen-bond donors (Lipinski definition) is 1. The first-order valence-corrected chi connectivity index (χ1v) is 11.2. The number of para-hydroxylation sites is 1. The molecule has 8 heteroatoms. The van der Waals surface area contributed by atoms with Gasteiger partial charge in [0.25, 0.3) is 0 Å². The fourth-order valence-corrected chi connectivity index (χ4v) is 4.77. The molecule has 0 bridgehead atoms. The van der Waals surface area contributed by atoms with Crippen LogP contribution in [0.25, 0.3) is 0 Å². The van der Waals surface area contributed by atoms with Crippen molar-refractivity contribution in [1.29, 1.82) is 0 Å². The topological polar surface area (TPSA) is 65.0 Å². The van der Waals surface area contributed by atoms with Crippen molar-refractivity contribution in [2.75, 3.05) is 36.7 Å². The number of sulfonamides is 1. The number of guanidine groups is 1. The molecule has 3 rings (SSSR count). The highest BCUT2D eigenvalue weighted by Gasteiger charge is 2.28. The molecule has 29 heavy (non-hydrogen) atoms. The van der Waals surface area contributed by atoms with E-state index in [2.05, 4.69) is 22.4 Å². The van der Waals surface area contributed by atoms with Crippen LogP contribution in [0.1, 0.15) is 18.1 Å². The van der Waals surface area contributed by atoms with Crippen LogP contribution in [0.3, 0.4) is 0 Å². The Balaban J connectivity index is 0.00000300. The van der Waals surface area contributed by atoms with Gasteiger partial charge in [-0.1, -0.05) is 48.5 Å². The molecule has 0 atom stereocenters. The van der Waals surface area contributed by atoms with Gasteiger partial charge in [0.2, 0.25) is 10.0 Å². The third kappa shape index (κ3) is 6.08. The van der Waals surface area contributed by atoms with Crippen molar-refractivity contribution in [2.24, 2.45) is 4.99 Å². The van der Waals surface area contributed by atoms with Crippen LogP contribution in [0.15, 0.2) is 59.6 Å². The predicted octanol–water partition coefficient (Wildman–Crippen LogP) is 3.09. The lowest BCUT2D eigenvalue weighted by Crippen LogP contribution is -2.39. The van der Waals surface area contributed by atoms with Crippen molar-refractivity contribution in [3.63, 3.8) is 0 Å². The summed E-state index contributed by atoms with van der Waals surface area (Å²) < 4.78 is 27.2. The van der Waals surface area contributed by atoms with E-state index in [1.54, 1.807) is 0 Å². The van der Waals surface area contributed by atoms with Crippen molar-refractivity contribution in [3.8, 4) is 0 Å². The summed E-state index contributed by atoms with van der Waals surface area (Å²) in [5.41, 5.74) is 3.07. The van der Waals surface area contributed by atoms with Gasteiger partial charge in [-0.3, -0.25) is 9.30 Å². The number of anilines is 1. The lowest BCUT2D eigenvalue weighted by molar-refractivity contribution is 0.477. The van der Waals surface area contributed by atoms with Crippen molar-refractivity contribution >= 4 is 45.6 Å². The maximum absolute atomic E-state index is 12.8. The van der Waals surface area contributed by atoms with Crippen molar-refractivity contribution in [3.05, 3.63) is 65.7 Å². The Morgan fingerprint density at radius 2 is 1.83 bits per heavy atom. The molecule has 1 aliphatic rings. The minimum absolute atomic E-state index is 0. The zero-order chi connectivity index (χ0) is 20.0. The Morgan fingerprint density at radius 1 is 1.14 bits per heavy atom. The van der Waals surface area contributed by atoms with E-state index in [9.17, 15) is 8.42 Å². The molecule has 1 N–H and O–H groups in total. The van der Waals surface area contributed by atoms with Gasteiger partial charge in [-0.15, -0.1) is 24.0 Å². The van der Waals surface area contributed by atoms with E-state index >= 15 is 0 Å². The van der Waals surface area contributed by atoms with Gasteiger partial charge in [-0.25, -0.2) is 8.42 Å². The molecular formula is C21H29IN4O2S. The van der Waals surface area contributed by atoms with Crippen LogP contribution in [0.2, 0.25) is 0 Å². The lowest BCUT2D eigenvalue weighted by atomic mass is 10.2. The maximum atomic E-state index is 12.8. The number of nitrogens with zero attached hydrogens (tertiary/aromatic N) is 3. The molecule has 0 saturated heterocycles. The van der Waals surface area contributed by atoms with Crippen LogP contribution in [-0.4, -0.2) is 51.7 Å². The molecule has 0 saturated carbocycles. The van der Waals surface area contributed by atoms with E-state index in [1.165, 1.54) is 9.87 Å². The van der Waals surface area contributed by atoms with Crippen LogP contribution in [0, 0.1) is 0 Å². The second-order valence-corrected chi connectivity index (χ2v) is 8.86. The summed E-state index contributed by atoms with van der Waals surface area (Å²) in [6.45, 7) is 4.18. The first-order chi connectivity index (χ1) is 13.5. The van der Waals surface area contributed by atoms with Crippen LogP contribution >= 0.6 is 24.0 Å². The van der Waals surface area contributed by atoms with Gasteiger partial charge < -0.3 is 10.2 Å². The SMILES string of the molecule is CCNC(=NCCS(=O)(=O)N1CCc2ccccc21)N(C)Cc1ccccc1.I. The molecule has 0 aliphatic carbocycles. The summed E-state index contributed by atoms with van der Waals surface area (Å²) in [6.07, 6.45) is 0.765. The summed E-state index contributed by atoms with van der Waals surface area (Å²) >= 11 is 0. The molecule has 158 valence electrons. The standard InChI is InChI=1S/C21H28N4O2S.HI/c1-3-22-21(24(2)17-18-9-5-4-6-10-18)23-14-16-28(26,27)25-15-13-19-11-7-8-12-20(19)25;/h4-12H,3,13-17H2,1-2H3,(H,22,23);1H. The van der Waals surface area contributed by atoms with Gasteiger partial charge in [0.1, 0.15) is 0 Å². The van der Waals surface area contributed by atoms with E-state index in [0.717, 1.165) is 24.2 Å². The number of aliphatic imine (C=N–C) groups is 1. The van der Waals surface area contributed by atoms with Crippen molar-refractivity contribution in [1.82, 2.24) is 10.2 Å². The van der Waals surface area contributed by atoms with Gasteiger partial charge in [0, 0.05) is 26.7 Å². The quantitative estimate of drug-likeness (QED) is 0.341. The largest absolute Gasteiger partial charge is 0.357 e. The van der Waals surface area contributed by atoms with Crippen LogP contribution < -0.4 is 9.62 Å². The summed E-state index contributed by atoms with van der Waals surface area (Å²) in [7, 11) is -1.43. The maximum Gasteiger partial charge on any atom is 0.237 e. The second-order valence-electron chi connectivity index (χ2n) is 6.84. The normalized spacial score (nSPS) is 13.6. The summed E-state index contributed by atoms with van der Waals surface area (Å²) in [5, 5.41) is 3.24. The van der Waals surface area contributed by atoms with Gasteiger partial charge >= 0.3 is 0 Å². The van der Waals surface area contributed by atoms with Crippen LogP contribution in [0.4, 0.5) is 5.69 Å². The number of benzene rings is 2. The average molecular weight is 528 g/mol. The third-order valence-electron chi connectivity index (χ3n) is 4.75. The van der Waals surface area contributed by atoms with Gasteiger partial charge in [0.15, 0.2) is 5.96 Å². The highest BCUT2D eigenvalue weighted by Crippen LogP contribution is 2.29. The first kappa shape index (κ1) is 23.5. The van der Waals surface area contributed by atoms with Crippen LogP contribution in [-0.2, 0) is 23.0 Å². The highest BCUT2D eigenvalue weighted by molar-refractivity contribution is 14.0. The molecule has 2 aromatic rings. The Hall–Kier alpha value is -1.81. The smallest absolute Gasteiger partial charge is 0.237 e. The van der Waals surface area contributed by atoms with E-state index in [-0.39, 0.29) is 36.3 Å². The van der Waals surface area contributed by atoms with E-state index in [4.69, 9.17) is 0 Å². The second kappa shape index (κ2) is 10.8. The van der Waals surface area contributed by atoms with E-state index in [0.29, 0.717) is 19.0 Å². The van der Waals surface area contributed by atoms with Gasteiger partial charge in [-0.05, 0) is 30.5 Å². The molecule has 6 nitrogen and oxygen atoms in total. The number of halogens is 1. The summed E-state index contributed by atoms with van der Waals surface area (Å²) in [5.74, 6) is 0.707. The minimum Gasteiger partial charge on any atom is -0.357 e. The average Bonchev–Trinajstić information content (AvgIpc) is 3.13. The molecule has 2 aromatic carbocycles. The van der Waals surface area contributed by atoms with E-state index < -0.39 is 10.0 Å². The molecule has 0 radical (unpaired) electrons. The molecule has 0 fully saturated rings. The Labute approximate surface area is 191 Å². The van der Waals surface area contributed by atoms with Crippen molar-refractivity contribution < 1.29 is 8.42 Å². The number of hydrogen-bond acceptors (Lipinski definition) is 3. The van der Waals surface area contributed by atoms with Crippen LogP contribution in [0.5, 0.6) is 0 Å². The zero-order valence-electron chi connectivity index (χ0n) is 16.9. The monoisotopic (exact) mass is 528 g/mol. The Morgan fingerprint density at radius 3 is 2.55 bits per heavy atom. The summed E-state index contributed by atoms with van der Waals surface area (Å²) in [6, 6.07) is 17.8. The highest BCUT2D eigenvalue weighted by atomic mass is 127. The third-order valence-corrected chi connectivity index (χ3v) is 6.50. The number of nitrogens with one attached hydrogen (secondary N) is 1. The summed E-state index contributed by atoms with van der Waals surface area (Å²) in [4.78, 5) is 6.56.